The Morgan fingerprint density at radius 2 is 1.59 bits per heavy atom. The summed E-state index contributed by atoms with van der Waals surface area (Å²) in [7, 11) is 1.77. The van der Waals surface area contributed by atoms with Crippen molar-refractivity contribution in [2.75, 3.05) is 31.6 Å². The summed E-state index contributed by atoms with van der Waals surface area (Å²) in [5.41, 5.74) is 3.78. The number of hydrogen-bond acceptors (Lipinski definition) is 5. The summed E-state index contributed by atoms with van der Waals surface area (Å²) < 4.78 is -1.61. The molecule has 4 heterocycles. The molecule has 0 saturated carbocycles. The van der Waals surface area contributed by atoms with Crippen LogP contribution in [0.3, 0.4) is 0 Å². The number of likely N-dealkylation sites (tertiary alicyclic amines) is 1. The molecule has 1 unspecified atom stereocenters. The van der Waals surface area contributed by atoms with Crippen LogP contribution in [0.1, 0.15) is 23.6 Å². The molecule has 3 amide bonds. The predicted molar refractivity (Wildman–Crippen MR) is 162 cm³/mol. The van der Waals surface area contributed by atoms with Crippen LogP contribution in [0.4, 0.5) is 5.69 Å². The van der Waals surface area contributed by atoms with Gasteiger partial charge in [-0.25, -0.2) is 0 Å². The minimum atomic E-state index is -0.957. The molecule has 4 aliphatic rings. The van der Waals surface area contributed by atoms with Crippen molar-refractivity contribution in [1.82, 2.24) is 9.80 Å². The first-order valence-corrected chi connectivity index (χ1v) is 15.1. The number of aliphatic hydroxyl groups is 1. The molecular weight excluding hydrogens is 534 g/mol. The number of amides is 3. The van der Waals surface area contributed by atoms with Crippen LogP contribution in [0.5, 0.6) is 0 Å². The highest BCUT2D eigenvalue weighted by Crippen LogP contribution is 2.66. The predicted octanol–water partition coefficient (Wildman–Crippen LogP) is 3.53. The largest absolute Gasteiger partial charge is 0.394 e. The number of hydrogen-bond donors (Lipinski definition) is 1. The summed E-state index contributed by atoms with van der Waals surface area (Å²) in [5, 5.41) is 10.7. The third-order valence-electron chi connectivity index (χ3n) is 9.32. The number of rotatable bonds is 5. The quantitative estimate of drug-likeness (QED) is 0.556. The standard InChI is InChI=1S/C33H37N3O4S/c1-21-11-8-12-22(2)27(21)35-18-10-16-33-26(25-29(38)34(4)17-9-15-32(25,3)41-33)30(39)36(28(33)31(35)40)24(20-37)19-23-13-6-5-7-14-23/h5-16,24-26,28,37H,17-20H2,1-4H3/t24-,25+,26+,28?,32-,33+/m1/s1. The number of benzene rings is 2. The highest BCUT2D eigenvalue weighted by molar-refractivity contribution is 8.02. The van der Waals surface area contributed by atoms with Gasteiger partial charge in [-0.3, -0.25) is 14.4 Å². The van der Waals surface area contributed by atoms with Gasteiger partial charge in [-0.05, 0) is 43.9 Å². The Labute approximate surface area is 245 Å². The average Bonchev–Trinajstić information content (AvgIpc) is 3.23. The summed E-state index contributed by atoms with van der Waals surface area (Å²) >= 11 is 1.57. The monoisotopic (exact) mass is 571 g/mol. The number of fused-ring (bicyclic) bond motifs is 2. The second-order valence-corrected chi connectivity index (χ2v) is 13.8. The molecule has 6 atom stereocenters. The molecule has 0 aromatic heterocycles. The number of aliphatic hydroxyl groups excluding tert-OH is 1. The lowest BCUT2D eigenvalue weighted by atomic mass is 9.74. The molecule has 2 fully saturated rings. The maximum absolute atomic E-state index is 14.9. The summed E-state index contributed by atoms with van der Waals surface area (Å²) in [6.07, 6.45) is 8.50. The second kappa shape index (κ2) is 10.2. The van der Waals surface area contributed by atoms with Gasteiger partial charge in [0.15, 0.2) is 0 Å². The van der Waals surface area contributed by atoms with Gasteiger partial charge >= 0.3 is 0 Å². The van der Waals surface area contributed by atoms with Gasteiger partial charge in [-0.15, -0.1) is 11.8 Å². The van der Waals surface area contributed by atoms with Gasteiger partial charge in [-0.2, -0.15) is 0 Å². The maximum Gasteiger partial charge on any atom is 0.251 e. The molecule has 214 valence electrons. The lowest BCUT2D eigenvalue weighted by Crippen LogP contribution is -2.57. The number of carbonyl (C=O) groups excluding carboxylic acids is 3. The molecule has 2 saturated heterocycles. The molecule has 1 N–H and O–H groups in total. The van der Waals surface area contributed by atoms with E-state index in [4.69, 9.17) is 0 Å². The Morgan fingerprint density at radius 1 is 0.902 bits per heavy atom. The van der Waals surface area contributed by atoms with E-state index in [1.165, 1.54) is 0 Å². The van der Waals surface area contributed by atoms with Gasteiger partial charge in [0, 0.05) is 30.6 Å². The van der Waals surface area contributed by atoms with Gasteiger partial charge in [0.1, 0.15) is 6.04 Å². The zero-order chi connectivity index (χ0) is 29.1. The molecule has 6 rings (SSSR count). The van der Waals surface area contributed by atoms with Gasteiger partial charge in [0.2, 0.25) is 11.8 Å². The molecule has 0 bridgehead atoms. The Morgan fingerprint density at radius 3 is 2.27 bits per heavy atom. The number of anilines is 1. The molecule has 4 aliphatic heterocycles. The third kappa shape index (κ3) is 4.17. The van der Waals surface area contributed by atoms with E-state index in [1.807, 2.05) is 87.5 Å². The minimum Gasteiger partial charge on any atom is -0.394 e. The first kappa shape index (κ1) is 27.8. The highest BCUT2D eigenvalue weighted by atomic mass is 32.2. The number of nitrogens with zero attached hydrogens (tertiary/aromatic N) is 3. The van der Waals surface area contributed by atoms with Crippen molar-refractivity contribution in [3.63, 3.8) is 0 Å². The fourth-order valence-corrected chi connectivity index (χ4v) is 9.69. The Kier molecular flexibility index (Phi) is 6.90. The lowest BCUT2D eigenvalue weighted by Gasteiger charge is -2.40. The molecular formula is C33H37N3O4S. The molecule has 1 spiro atoms. The molecule has 7 nitrogen and oxygen atoms in total. The van der Waals surface area contributed by atoms with Crippen molar-refractivity contribution in [2.24, 2.45) is 11.8 Å². The Hall–Kier alpha value is -3.36. The van der Waals surface area contributed by atoms with Crippen molar-refractivity contribution < 1.29 is 19.5 Å². The van der Waals surface area contributed by atoms with Crippen molar-refractivity contribution in [3.05, 3.63) is 89.5 Å². The van der Waals surface area contributed by atoms with E-state index < -0.39 is 33.4 Å². The third-order valence-corrected chi connectivity index (χ3v) is 11.1. The minimum absolute atomic E-state index is 0.0823. The number of para-hydroxylation sites is 1. The van der Waals surface area contributed by atoms with Gasteiger partial charge < -0.3 is 19.8 Å². The van der Waals surface area contributed by atoms with Gasteiger partial charge in [0.05, 0.1) is 29.2 Å². The first-order chi connectivity index (χ1) is 19.6. The summed E-state index contributed by atoms with van der Waals surface area (Å²) in [5.74, 6) is -1.85. The van der Waals surface area contributed by atoms with Crippen LogP contribution in [-0.2, 0) is 20.8 Å². The normalized spacial score (nSPS) is 31.6. The number of thioether (sulfide) groups is 1. The molecule has 41 heavy (non-hydrogen) atoms. The number of aryl methyl sites for hydroxylation is 2. The smallest absolute Gasteiger partial charge is 0.251 e. The zero-order valence-corrected chi connectivity index (χ0v) is 24.8. The van der Waals surface area contributed by atoms with Crippen molar-refractivity contribution in [1.29, 1.82) is 0 Å². The van der Waals surface area contributed by atoms with E-state index in [0.29, 0.717) is 19.5 Å². The highest BCUT2D eigenvalue weighted by Gasteiger charge is 2.74. The van der Waals surface area contributed by atoms with E-state index in [0.717, 1.165) is 22.4 Å². The molecule has 0 radical (unpaired) electrons. The van der Waals surface area contributed by atoms with E-state index in [1.54, 1.807) is 33.5 Å². The summed E-state index contributed by atoms with van der Waals surface area (Å²) in [6, 6.07) is 14.2. The van der Waals surface area contributed by atoms with Crippen LogP contribution in [0.15, 0.2) is 72.8 Å². The summed E-state index contributed by atoms with van der Waals surface area (Å²) in [4.78, 5) is 48.7. The fraction of sp³-hybridized carbons (Fsp3) is 0.424. The molecule has 8 heteroatoms. The average molecular weight is 572 g/mol. The van der Waals surface area contributed by atoms with E-state index >= 15 is 0 Å². The van der Waals surface area contributed by atoms with Crippen LogP contribution in [0.25, 0.3) is 0 Å². The fourth-order valence-electron chi connectivity index (χ4n) is 7.55. The number of likely N-dealkylation sites (N-methyl/N-ethyl adjacent to an activating group) is 1. The van der Waals surface area contributed by atoms with Crippen LogP contribution in [0.2, 0.25) is 0 Å². The zero-order valence-electron chi connectivity index (χ0n) is 24.0. The van der Waals surface area contributed by atoms with E-state index in [9.17, 15) is 19.5 Å². The van der Waals surface area contributed by atoms with Crippen LogP contribution < -0.4 is 4.90 Å². The number of carbonyl (C=O) groups is 3. The van der Waals surface area contributed by atoms with E-state index in [-0.39, 0.29) is 24.3 Å². The SMILES string of the molecule is Cc1cccc(C)c1N1CC=C[C@]23S[C@]4(C)C=CCN(C)C(=O)[C@@H]4[C@H]2C(=O)N([C@@H](CO)Cc2ccccc2)C3C1=O. The first-order valence-electron chi connectivity index (χ1n) is 14.3. The van der Waals surface area contributed by atoms with Crippen molar-refractivity contribution in [2.45, 2.75) is 48.8 Å². The topological polar surface area (TPSA) is 81.2 Å². The van der Waals surface area contributed by atoms with Crippen molar-refractivity contribution >= 4 is 35.2 Å². The van der Waals surface area contributed by atoms with Crippen LogP contribution in [0, 0.1) is 25.7 Å². The maximum atomic E-state index is 14.9. The van der Waals surface area contributed by atoms with Crippen molar-refractivity contribution in [3.8, 4) is 0 Å². The molecule has 0 aliphatic carbocycles. The second-order valence-electron chi connectivity index (χ2n) is 12.0. The van der Waals surface area contributed by atoms with E-state index in [2.05, 4.69) is 6.08 Å². The van der Waals surface area contributed by atoms with Crippen LogP contribution in [-0.4, -0.2) is 80.9 Å². The van der Waals surface area contributed by atoms with Crippen LogP contribution >= 0.6 is 11.8 Å². The lowest BCUT2D eigenvalue weighted by molar-refractivity contribution is -0.144. The molecule has 2 aromatic rings. The molecule has 2 aromatic carbocycles. The Bertz CT molecular complexity index is 1440. The van der Waals surface area contributed by atoms with Gasteiger partial charge in [0.25, 0.3) is 5.91 Å². The van der Waals surface area contributed by atoms with Gasteiger partial charge in [-0.1, -0.05) is 72.8 Å². The Balaban J connectivity index is 1.53. The summed E-state index contributed by atoms with van der Waals surface area (Å²) in [6.45, 7) is 6.57.